The van der Waals surface area contributed by atoms with Gasteiger partial charge in [-0.15, -0.1) is 0 Å². The molecule has 0 atom stereocenters. The quantitative estimate of drug-likeness (QED) is 0.445. The third-order valence-corrected chi connectivity index (χ3v) is 3.59. The van der Waals surface area contributed by atoms with Crippen LogP contribution in [0.15, 0.2) is 16.8 Å². The van der Waals surface area contributed by atoms with Crippen LogP contribution in [-0.2, 0) is 21.3 Å². The Hall–Kier alpha value is 0.570. The fourth-order valence-electron chi connectivity index (χ4n) is 1.22. The zero-order valence-electron chi connectivity index (χ0n) is 8.96. The molecular weight excluding hydrogens is 271 g/mol. The number of thiophene rings is 1. The molecule has 17 heavy (non-hydrogen) atoms. The van der Waals surface area contributed by atoms with Crippen LogP contribution >= 0.6 is 11.3 Å². The third-order valence-electron chi connectivity index (χ3n) is 2.06. The number of hydrogen-bond acceptors (Lipinski definition) is 4. The van der Waals surface area contributed by atoms with Crippen LogP contribution in [0.25, 0.3) is 0 Å². The van der Waals surface area contributed by atoms with E-state index in [-0.39, 0.29) is 35.3 Å². The van der Waals surface area contributed by atoms with Gasteiger partial charge in [0.2, 0.25) is 0 Å². The molecule has 0 radical (unpaired) electrons. The van der Waals surface area contributed by atoms with Gasteiger partial charge in [0.25, 0.3) is 10.1 Å². The normalized spacial score (nSPS) is 11.1. The average Bonchev–Trinajstić information content (AvgIpc) is 2.67. The maximum absolute atomic E-state index is 10.4. The SMILES string of the molecule is O=S(=O)(O)CCCCOCCc1ccsc1.[NaH]. The molecular formula is C10H17NaO4S2. The van der Waals surface area contributed by atoms with E-state index in [1.807, 2.05) is 5.38 Å². The van der Waals surface area contributed by atoms with E-state index in [1.165, 1.54) is 5.56 Å². The summed E-state index contributed by atoms with van der Waals surface area (Å²) in [6.45, 7) is 1.20. The Bertz CT molecular complexity index is 375. The van der Waals surface area contributed by atoms with Gasteiger partial charge in [0.05, 0.1) is 12.4 Å². The van der Waals surface area contributed by atoms with E-state index in [4.69, 9.17) is 9.29 Å². The molecule has 0 aliphatic carbocycles. The third kappa shape index (κ3) is 10.2. The standard InChI is InChI=1S/C10H16O4S2.Na.H/c11-16(12,13)8-2-1-5-14-6-3-10-4-7-15-9-10;;/h4,7,9H,1-3,5-6,8H2,(H,11,12,13);;. The molecule has 0 saturated heterocycles. The van der Waals surface area contributed by atoms with Gasteiger partial charge in [-0.1, -0.05) is 0 Å². The minimum absolute atomic E-state index is 0. The summed E-state index contributed by atoms with van der Waals surface area (Å²) >= 11 is 1.66. The summed E-state index contributed by atoms with van der Waals surface area (Å²) < 4.78 is 34.6. The van der Waals surface area contributed by atoms with Crippen LogP contribution in [0, 0.1) is 0 Å². The van der Waals surface area contributed by atoms with Gasteiger partial charge in [0, 0.05) is 6.61 Å². The van der Waals surface area contributed by atoms with Crippen molar-refractivity contribution in [3.8, 4) is 0 Å². The van der Waals surface area contributed by atoms with Gasteiger partial charge >= 0.3 is 29.6 Å². The van der Waals surface area contributed by atoms with Gasteiger partial charge in [-0.2, -0.15) is 19.8 Å². The van der Waals surface area contributed by atoms with E-state index >= 15 is 0 Å². The van der Waals surface area contributed by atoms with E-state index in [0.717, 1.165) is 6.42 Å². The van der Waals surface area contributed by atoms with Crippen LogP contribution in [-0.4, -0.2) is 61.5 Å². The molecule has 0 unspecified atom stereocenters. The first kappa shape index (κ1) is 17.6. The van der Waals surface area contributed by atoms with Crippen molar-refractivity contribution in [2.45, 2.75) is 19.3 Å². The Morgan fingerprint density at radius 3 is 2.65 bits per heavy atom. The molecule has 0 aromatic carbocycles. The summed E-state index contributed by atoms with van der Waals surface area (Å²) in [7, 11) is -3.81. The summed E-state index contributed by atoms with van der Waals surface area (Å²) in [4.78, 5) is 0. The van der Waals surface area contributed by atoms with Crippen LogP contribution < -0.4 is 0 Å². The second kappa shape index (κ2) is 9.49. The van der Waals surface area contributed by atoms with Crippen molar-refractivity contribution >= 4 is 51.0 Å². The maximum atomic E-state index is 10.4. The van der Waals surface area contributed by atoms with Crippen molar-refractivity contribution in [3.63, 3.8) is 0 Å². The molecule has 0 aliphatic rings. The van der Waals surface area contributed by atoms with Crippen molar-refractivity contribution in [1.82, 2.24) is 0 Å². The first-order valence-corrected chi connectivity index (χ1v) is 7.67. The molecule has 0 aliphatic heterocycles. The van der Waals surface area contributed by atoms with Crippen LogP contribution in [0.1, 0.15) is 18.4 Å². The second-order valence-electron chi connectivity index (χ2n) is 3.49. The van der Waals surface area contributed by atoms with E-state index < -0.39 is 10.1 Å². The van der Waals surface area contributed by atoms with Crippen LogP contribution in [0.3, 0.4) is 0 Å². The van der Waals surface area contributed by atoms with Gasteiger partial charge in [-0.25, -0.2) is 0 Å². The Morgan fingerprint density at radius 2 is 2.06 bits per heavy atom. The summed E-state index contributed by atoms with van der Waals surface area (Å²) in [6.07, 6.45) is 1.99. The monoisotopic (exact) mass is 288 g/mol. The van der Waals surface area contributed by atoms with E-state index in [2.05, 4.69) is 11.4 Å². The number of unbranched alkanes of at least 4 members (excludes halogenated alkanes) is 1. The first-order valence-electron chi connectivity index (χ1n) is 5.12. The van der Waals surface area contributed by atoms with Gasteiger partial charge < -0.3 is 4.74 Å². The zero-order chi connectivity index (χ0) is 11.9. The summed E-state index contributed by atoms with van der Waals surface area (Å²) in [5.41, 5.74) is 1.27. The molecule has 0 bridgehead atoms. The molecule has 1 rings (SSSR count). The van der Waals surface area contributed by atoms with Gasteiger partial charge in [-0.05, 0) is 41.7 Å². The van der Waals surface area contributed by atoms with Crippen molar-refractivity contribution in [2.24, 2.45) is 0 Å². The van der Waals surface area contributed by atoms with Crippen molar-refractivity contribution < 1.29 is 17.7 Å². The topological polar surface area (TPSA) is 63.6 Å². The molecule has 4 nitrogen and oxygen atoms in total. The molecule has 0 amide bonds. The molecule has 0 fully saturated rings. The van der Waals surface area contributed by atoms with Crippen molar-refractivity contribution in [3.05, 3.63) is 22.4 Å². The summed E-state index contributed by atoms with van der Waals surface area (Å²) in [5.74, 6) is -0.180. The molecule has 1 aromatic rings. The fraction of sp³-hybridized carbons (Fsp3) is 0.600. The zero-order valence-corrected chi connectivity index (χ0v) is 10.6. The Kier molecular flexibility index (Phi) is 9.81. The van der Waals surface area contributed by atoms with E-state index in [1.54, 1.807) is 11.3 Å². The molecule has 7 heteroatoms. The Morgan fingerprint density at radius 1 is 1.29 bits per heavy atom. The first-order chi connectivity index (χ1) is 7.58. The van der Waals surface area contributed by atoms with Crippen LogP contribution in [0.4, 0.5) is 0 Å². The Balaban J connectivity index is 0.00000256. The molecule has 0 saturated carbocycles. The van der Waals surface area contributed by atoms with E-state index in [0.29, 0.717) is 26.1 Å². The number of rotatable bonds is 8. The minimum atomic E-state index is -3.81. The van der Waals surface area contributed by atoms with Gasteiger partial charge in [0.1, 0.15) is 0 Å². The number of ether oxygens (including phenoxy) is 1. The number of hydrogen-bond donors (Lipinski definition) is 1. The summed E-state index contributed by atoms with van der Waals surface area (Å²) in [6, 6.07) is 2.06. The molecule has 1 heterocycles. The second-order valence-corrected chi connectivity index (χ2v) is 5.84. The average molecular weight is 288 g/mol. The van der Waals surface area contributed by atoms with Crippen LogP contribution in [0.5, 0.6) is 0 Å². The predicted molar refractivity (Wildman–Crippen MR) is 71.6 cm³/mol. The van der Waals surface area contributed by atoms with Crippen molar-refractivity contribution in [2.75, 3.05) is 19.0 Å². The summed E-state index contributed by atoms with van der Waals surface area (Å²) in [5, 5.41) is 4.11. The predicted octanol–water partition coefficient (Wildman–Crippen LogP) is 1.33. The van der Waals surface area contributed by atoms with E-state index in [9.17, 15) is 8.42 Å². The van der Waals surface area contributed by atoms with Crippen molar-refractivity contribution in [1.29, 1.82) is 0 Å². The Labute approximate surface area is 128 Å². The fourth-order valence-corrected chi connectivity index (χ4v) is 2.49. The van der Waals surface area contributed by atoms with Gasteiger partial charge in [0.15, 0.2) is 0 Å². The molecule has 1 aromatic heterocycles. The van der Waals surface area contributed by atoms with Gasteiger partial charge in [-0.3, -0.25) is 4.55 Å². The molecule has 94 valence electrons. The molecule has 1 N–H and O–H groups in total. The molecule has 0 spiro atoms. The van der Waals surface area contributed by atoms with Crippen LogP contribution in [0.2, 0.25) is 0 Å².